The number of nitro benzene ring substituents is 1. The van der Waals surface area contributed by atoms with E-state index in [4.69, 9.17) is 5.26 Å². The number of hydrogen-bond donors (Lipinski definition) is 2. The molecule has 2 aromatic carbocycles. The summed E-state index contributed by atoms with van der Waals surface area (Å²) in [6, 6.07) is 13.1. The van der Waals surface area contributed by atoms with Crippen LogP contribution in [0.5, 0.6) is 0 Å². The minimum absolute atomic E-state index is 0.00922. The number of nitro groups is 1. The van der Waals surface area contributed by atoms with Crippen LogP contribution in [-0.2, 0) is 4.79 Å². The van der Waals surface area contributed by atoms with Crippen molar-refractivity contribution in [2.24, 2.45) is 0 Å². The number of non-ortho nitro benzene ring substituents is 1. The number of nitrogens with zero attached hydrogens (tertiary/aromatic N) is 5. The molecule has 29 heavy (non-hydrogen) atoms. The Morgan fingerprint density at radius 1 is 1.28 bits per heavy atom. The van der Waals surface area contributed by atoms with Crippen molar-refractivity contribution < 1.29 is 9.72 Å². The molecular formula is C18H11N7O3S. The summed E-state index contributed by atoms with van der Waals surface area (Å²) in [5.74, 6) is -0.421. The Labute approximate surface area is 167 Å². The molecule has 0 saturated heterocycles. The molecule has 11 heteroatoms. The molecule has 4 rings (SSSR count). The van der Waals surface area contributed by atoms with E-state index in [1.807, 2.05) is 30.3 Å². The van der Waals surface area contributed by atoms with Gasteiger partial charge in [-0.3, -0.25) is 14.9 Å². The lowest BCUT2D eigenvalue weighted by atomic mass is 10.1. The predicted molar refractivity (Wildman–Crippen MR) is 106 cm³/mol. The number of para-hydroxylation sites is 1. The van der Waals surface area contributed by atoms with Gasteiger partial charge < -0.3 is 10.3 Å². The van der Waals surface area contributed by atoms with Crippen molar-refractivity contribution in [2.45, 2.75) is 5.16 Å². The van der Waals surface area contributed by atoms with Crippen LogP contribution in [0.1, 0.15) is 5.56 Å². The summed E-state index contributed by atoms with van der Waals surface area (Å²) in [4.78, 5) is 29.9. The average Bonchev–Trinajstić information content (AvgIpc) is 3.10. The fraction of sp³-hybridized carbons (Fsp3) is 0.0556. The van der Waals surface area contributed by atoms with Crippen LogP contribution in [-0.4, -0.2) is 36.7 Å². The molecule has 0 fully saturated rings. The number of rotatable bonds is 5. The minimum Gasteiger partial charge on any atom is -0.338 e. The Kier molecular flexibility index (Phi) is 4.76. The van der Waals surface area contributed by atoms with E-state index in [0.29, 0.717) is 16.3 Å². The number of nitriles is 1. The maximum atomic E-state index is 12.2. The summed E-state index contributed by atoms with van der Waals surface area (Å²) < 4.78 is 0. The molecule has 0 spiro atoms. The predicted octanol–water partition coefficient (Wildman–Crippen LogP) is 3.02. The van der Waals surface area contributed by atoms with Gasteiger partial charge in [0.25, 0.3) is 5.69 Å². The lowest BCUT2D eigenvalue weighted by molar-refractivity contribution is -0.384. The zero-order valence-electron chi connectivity index (χ0n) is 14.6. The molecule has 0 aliphatic carbocycles. The van der Waals surface area contributed by atoms with E-state index in [1.165, 1.54) is 12.1 Å². The second-order valence-corrected chi connectivity index (χ2v) is 6.84. The van der Waals surface area contributed by atoms with E-state index >= 15 is 0 Å². The average molecular weight is 405 g/mol. The number of nitrogens with one attached hydrogen (secondary N) is 2. The molecule has 2 aromatic heterocycles. The Morgan fingerprint density at radius 2 is 2.10 bits per heavy atom. The summed E-state index contributed by atoms with van der Waals surface area (Å²) in [6.45, 7) is 0. The third-order valence-electron chi connectivity index (χ3n) is 4.04. The number of aromatic amines is 1. The van der Waals surface area contributed by atoms with Crippen molar-refractivity contribution in [3.63, 3.8) is 0 Å². The third kappa shape index (κ3) is 3.69. The van der Waals surface area contributed by atoms with Gasteiger partial charge in [-0.2, -0.15) is 5.26 Å². The first-order chi connectivity index (χ1) is 14.0. The molecule has 4 aromatic rings. The Bertz CT molecular complexity index is 1310. The fourth-order valence-electron chi connectivity index (χ4n) is 2.73. The normalized spacial score (nSPS) is 10.7. The van der Waals surface area contributed by atoms with Crippen LogP contribution < -0.4 is 5.32 Å². The summed E-state index contributed by atoms with van der Waals surface area (Å²) in [6.07, 6.45) is 0. The molecule has 0 bridgehead atoms. The number of anilines is 1. The van der Waals surface area contributed by atoms with Crippen LogP contribution in [0.4, 0.5) is 11.4 Å². The van der Waals surface area contributed by atoms with E-state index in [-0.39, 0.29) is 22.7 Å². The molecule has 142 valence electrons. The van der Waals surface area contributed by atoms with Gasteiger partial charge in [0.2, 0.25) is 11.1 Å². The number of thioether (sulfide) groups is 1. The van der Waals surface area contributed by atoms with Gasteiger partial charge in [-0.25, -0.2) is 4.98 Å². The zero-order chi connectivity index (χ0) is 20.4. The van der Waals surface area contributed by atoms with E-state index < -0.39 is 10.8 Å². The molecule has 0 unspecified atom stereocenters. The van der Waals surface area contributed by atoms with E-state index in [0.717, 1.165) is 28.7 Å². The molecule has 0 aliphatic heterocycles. The second kappa shape index (κ2) is 7.53. The van der Waals surface area contributed by atoms with Crippen LogP contribution in [0.25, 0.3) is 22.1 Å². The number of aromatic nitrogens is 4. The number of carbonyl (C=O) groups is 1. The van der Waals surface area contributed by atoms with E-state index in [1.54, 1.807) is 0 Å². The van der Waals surface area contributed by atoms with Crippen molar-refractivity contribution >= 4 is 51.1 Å². The second-order valence-electron chi connectivity index (χ2n) is 5.90. The van der Waals surface area contributed by atoms with Gasteiger partial charge in [0.15, 0.2) is 5.65 Å². The van der Waals surface area contributed by atoms with Gasteiger partial charge in [-0.15, -0.1) is 10.2 Å². The largest absolute Gasteiger partial charge is 0.338 e. The molecular weight excluding hydrogens is 394 g/mol. The standard InChI is InChI=1S/C18H11N7O3S/c19-8-10-7-11(25(27)28)5-6-13(10)20-15(26)9-29-18-22-17-16(23-24-18)12-3-1-2-4-14(12)21-17/h1-7H,9H2,(H,20,26)(H,21,22,24). The summed E-state index contributed by atoms with van der Waals surface area (Å²) in [5, 5.41) is 32.0. The van der Waals surface area contributed by atoms with Crippen molar-refractivity contribution in [1.29, 1.82) is 5.26 Å². The Morgan fingerprint density at radius 3 is 2.90 bits per heavy atom. The maximum absolute atomic E-state index is 12.2. The van der Waals surface area contributed by atoms with Crippen LogP contribution >= 0.6 is 11.8 Å². The lowest BCUT2D eigenvalue weighted by Crippen LogP contribution is -2.15. The molecule has 0 saturated carbocycles. The van der Waals surface area contributed by atoms with Gasteiger partial charge in [-0.1, -0.05) is 30.0 Å². The fourth-order valence-corrected chi connectivity index (χ4v) is 3.32. The Balaban J connectivity index is 1.46. The lowest BCUT2D eigenvalue weighted by Gasteiger charge is -2.06. The number of amides is 1. The minimum atomic E-state index is -0.604. The van der Waals surface area contributed by atoms with Crippen LogP contribution in [0.3, 0.4) is 0 Å². The highest BCUT2D eigenvalue weighted by atomic mass is 32.2. The molecule has 1 amide bonds. The van der Waals surface area contributed by atoms with Crippen LogP contribution in [0.2, 0.25) is 0 Å². The summed E-state index contributed by atoms with van der Waals surface area (Å²) in [5.41, 5.74) is 2.11. The van der Waals surface area contributed by atoms with Crippen molar-refractivity contribution in [3.05, 3.63) is 58.1 Å². The van der Waals surface area contributed by atoms with E-state index in [2.05, 4.69) is 25.5 Å². The smallest absolute Gasteiger partial charge is 0.270 e. The first-order valence-electron chi connectivity index (χ1n) is 8.27. The summed E-state index contributed by atoms with van der Waals surface area (Å²) >= 11 is 1.09. The SMILES string of the molecule is N#Cc1cc([N+](=O)[O-])ccc1NC(=O)CSc1nnc2c(n1)[nH]c1ccccc12. The first-order valence-corrected chi connectivity index (χ1v) is 9.26. The maximum Gasteiger partial charge on any atom is 0.270 e. The highest BCUT2D eigenvalue weighted by Gasteiger charge is 2.14. The molecule has 2 heterocycles. The first kappa shape index (κ1) is 18.3. The number of H-pyrrole nitrogens is 1. The number of hydrogen-bond acceptors (Lipinski definition) is 8. The molecule has 0 radical (unpaired) electrons. The van der Waals surface area contributed by atoms with Gasteiger partial charge in [0, 0.05) is 23.0 Å². The quantitative estimate of drug-likeness (QED) is 0.292. The van der Waals surface area contributed by atoms with Gasteiger partial charge in [0.1, 0.15) is 11.6 Å². The molecule has 0 atom stereocenters. The van der Waals surface area contributed by atoms with E-state index in [9.17, 15) is 14.9 Å². The van der Waals surface area contributed by atoms with Gasteiger partial charge >= 0.3 is 0 Å². The van der Waals surface area contributed by atoms with Crippen LogP contribution in [0.15, 0.2) is 47.6 Å². The van der Waals surface area contributed by atoms with Crippen molar-refractivity contribution in [2.75, 3.05) is 11.1 Å². The molecule has 0 aliphatic rings. The van der Waals surface area contributed by atoms with Gasteiger partial charge in [0.05, 0.1) is 21.9 Å². The van der Waals surface area contributed by atoms with Crippen LogP contribution in [0, 0.1) is 21.4 Å². The number of benzene rings is 2. The summed E-state index contributed by atoms with van der Waals surface area (Å²) in [7, 11) is 0. The van der Waals surface area contributed by atoms with Crippen molar-refractivity contribution in [1.82, 2.24) is 20.2 Å². The highest BCUT2D eigenvalue weighted by molar-refractivity contribution is 7.99. The molecule has 10 nitrogen and oxygen atoms in total. The number of fused-ring (bicyclic) bond motifs is 3. The third-order valence-corrected chi connectivity index (χ3v) is 4.88. The highest BCUT2D eigenvalue weighted by Crippen LogP contribution is 2.24. The van der Waals surface area contributed by atoms with Gasteiger partial charge in [-0.05, 0) is 12.1 Å². The molecule has 2 N–H and O–H groups in total. The number of carbonyl (C=O) groups excluding carboxylic acids is 1. The topological polar surface area (TPSA) is 150 Å². The Hall–Kier alpha value is -4.04. The zero-order valence-corrected chi connectivity index (χ0v) is 15.4. The monoisotopic (exact) mass is 405 g/mol. The van der Waals surface area contributed by atoms with Crippen molar-refractivity contribution in [3.8, 4) is 6.07 Å².